The third-order valence-corrected chi connectivity index (χ3v) is 10.1. The Morgan fingerprint density at radius 2 is 1.42 bits per heavy atom. The molecule has 2 aromatic carbocycles. The molecule has 4 aromatic rings. The molecule has 0 atom stereocenters. The van der Waals surface area contributed by atoms with Crippen LogP contribution in [0.1, 0.15) is 25.3 Å². The molecule has 7 rings (SSSR count). The van der Waals surface area contributed by atoms with E-state index < -0.39 is 9.84 Å². The third kappa shape index (κ3) is 6.33. The molecule has 1 saturated carbocycles. The van der Waals surface area contributed by atoms with E-state index in [1.807, 2.05) is 18.2 Å². The molecule has 0 radical (unpaired) electrons. The summed E-state index contributed by atoms with van der Waals surface area (Å²) in [6.45, 7) is 10.5. The number of hydrogen-bond acceptors (Lipinski definition) is 8. The Morgan fingerprint density at radius 3 is 2.07 bits per heavy atom. The number of ether oxygens (including phenoxy) is 1. The fourth-order valence-electron chi connectivity index (χ4n) is 6.28. The number of sulfone groups is 1. The normalized spacial score (nSPS) is 18.9. The number of imidazole rings is 1. The van der Waals surface area contributed by atoms with E-state index in [0.717, 1.165) is 99.1 Å². The summed E-state index contributed by atoms with van der Waals surface area (Å²) in [5.74, 6) is 0.845. The summed E-state index contributed by atoms with van der Waals surface area (Å²) >= 11 is 0. The van der Waals surface area contributed by atoms with Gasteiger partial charge in [-0.25, -0.2) is 18.4 Å². The number of fused-ring (bicyclic) bond motifs is 1. The van der Waals surface area contributed by atoms with E-state index in [1.165, 1.54) is 31.5 Å². The van der Waals surface area contributed by atoms with Crippen LogP contribution in [0.3, 0.4) is 0 Å². The van der Waals surface area contributed by atoms with E-state index in [9.17, 15) is 8.42 Å². The summed E-state index contributed by atoms with van der Waals surface area (Å²) in [4.78, 5) is 17.9. The van der Waals surface area contributed by atoms with Crippen molar-refractivity contribution in [2.45, 2.75) is 30.2 Å². The highest BCUT2D eigenvalue weighted by Gasteiger charge is 2.30. The number of morpholine rings is 1. The zero-order valence-corrected chi connectivity index (χ0v) is 25.7. The number of hydrogen-bond donors (Lipinski definition) is 0. The summed E-state index contributed by atoms with van der Waals surface area (Å²) in [6, 6.07) is 20.3. The average Bonchev–Trinajstić information content (AvgIpc) is 3.80. The standard InChI is InChI=1S/C33H40N6O3S/c1-43(40,41)29-11-5-26(6-12-29)32-35-31-14-13-30(34-33(31)39(32)28-9-10-28)25-3-7-27(8-4-25)38-19-17-36(18-20-38)15-2-16-37-21-23-42-24-22-37/h3-8,11-14,28H,2,9-10,15-24H2,1H3. The molecule has 1 aliphatic carbocycles. The first-order chi connectivity index (χ1) is 20.9. The average molecular weight is 601 g/mol. The molecule has 3 aliphatic rings. The van der Waals surface area contributed by atoms with Gasteiger partial charge in [0, 0.05) is 68.4 Å². The minimum Gasteiger partial charge on any atom is -0.379 e. The van der Waals surface area contributed by atoms with Crippen molar-refractivity contribution in [3.05, 3.63) is 60.7 Å². The second-order valence-electron chi connectivity index (χ2n) is 12.1. The Labute approximate surface area is 254 Å². The van der Waals surface area contributed by atoms with Gasteiger partial charge in [-0.05, 0) is 80.9 Å². The van der Waals surface area contributed by atoms with E-state index >= 15 is 0 Å². The molecular weight excluding hydrogens is 560 g/mol. The Morgan fingerprint density at radius 1 is 0.767 bits per heavy atom. The van der Waals surface area contributed by atoms with Crippen LogP contribution >= 0.6 is 0 Å². The molecule has 3 fully saturated rings. The highest BCUT2D eigenvalue weighted by Crippen LogP contribution is 2.41. The second kappa shape index (κ2) is 12.0. The highest BCUT2D eigenvalue weighted by atomic mass is 32.2. The van der Waals surface area contributed by atoms with E-state index in [-0.39, 0.29) is 0 Å². The van der Waals surface area contributed by atoms with Crippen LogP contribution in [0, 0.1) is 0 Å². The van der Waals surface area contributed by atoms with E-state index in [2.05, 4.69) is 49.6 Å². The SMILES string of the molecule is CS(=O)(=O)c1ccc(-c2nc3ccc(-c4ccc(N5CCN(CCCN6CCOCC6)CC5)cc4)nc3n2C2CC2)cc1. The van der Waals surface area contributed by atoms with Crippen molar-refractivity contribution in [2.24, 2.45) is 0 Å². The van der Waals surface area contributed by atoms with Crippen molar-refractivity contribution in [1.29, 1.82) is 0 Å². The second-order valence-corrected chi connectivity index (χ2v) is 14.1. The van der Waals surface area contributed by atoms with E-state index in [1.54, 1.807) is 12.1 Å². The summed E-state index contributed by atoms with van der Waals surface area (Å²) in [5, 5.41) is 0. The number of piperazine rings is 1. The van der Waals surface area contributed by atoms with Gasteiger partial charge >= 0.3 is 0 Å². The van der Waals surface area contributed by atoms with E-state index in [4.69, 9.17) is 14.7 Å². The maximum Gasteiger partial charge on any atom is 0.175 e. The van der Waals surface area contributed by atoms with Gasteiger partial charge in [-0.15, -0.1) is 0 Å². The number of aromatic nitrogens is 3. The summed E-state index contributed by atoms with van der Waals surface area (Å²) in [5.41, 5.74) is 5.94. The number of nitrogens with zero attached hydrogens (tertiary/aromatic N) is 6. The molecule has 2 aliphatic heterocycles. The van der Waals surface area contributed by atoms with Crippen molar-refractivity contribution >= 4 is 26.7 Å². The molecule has 0 spiro atoms. The first kappa shape index (κ1) is 28.5. The predicted octanol–water partition coefficient (Wildman–Crippen LogP) is 4.35. The predicted molar refractivity (Wildman–Crippen MR) is 170 cm³/mol. The monoisotopic (exact) mass is 600 g/mol. The van der Waals surface area contributed by atoms with Crippen LogP contribution in [-0.4, -0.2) is 105 Å². The summed E-state index contributed by atoms with van der Waals surface area (Å²) in [6.07, 6.45) is 4.65. The Balaban J connectivity index is 1.03. The lowest BCUT2D eigenvalue weighted by molar-refractivity contribution is 0.0360. The van der Waals surface area contributed by atoms with Gasteiger partial charge in [0.15, 0.2) is 15.5 Å². The number of anilines is 1. The number of rotatable bonds is 9. The van der Waals surface area contributed by atoms with Crippen molar-refractivity contribution < 1.29 is 13.2 Å². The molecule has 0 N–H and O–H groups in total. The first-order valence-electron chi connectivity index (χ1n) is 15.5. The van der Waals surface area contributed by atoms with Gasteiger partial charge in [0.1, 0.15) is 11.3 Å². The molecule has 0 unspecified atom stereocenters. The van der Waals surface area contributed by atoms with Crippen molar-refractivity contribution in [1.82, 2.24) is 24.3 Å². The Kier molecular flexibility index (Phi) is 7.94. The Bertz CT molecular complexity index is 1670. The minimum atomic E-state index is -3.25. The number of benzene rings is 2. The van der Waals surface area contributed by atoms with Crippen LogP contribution in [0.15, 0.2) is 65.6 Å². The van der Waals surface area contributed by atoms with Crippen molar-refractivity contribution in [3.63, 3.8) is 0 Å². The van der Waals surface area contributed by atoms with Gasteiger partial charge in [-0.3, -0.25) is 9.80 Å². The molecule has 9 nitrogen and oxygen atoms in total. The molecule has 0 bridgehead atoms. The van der Waals surface area contributed by atoms with Gasteiger partial charge in [0.2, 0.25) is 0 Å². The van der Waals surface area contributed by atoms with Crippen molar-refractivity contribution in [2.75, 3.05) is 76.7 Å². The molecule has 226 valence electrons. The van der Waals surface area contributed by atoms with Gasteiger partial charge in [0.25, 0.3) is 0 Å². The summed E-state index contributed by atoms with van der Waals surface area (Å²) in [7, 11) is -3.25. The first-order valence-corrected chi connectivity index (χ1v) is 17.4. The molecule has 2 saturated heterocycles. The maximum absolute atomic E-state index is 11.9. The van der Waals surface area contributed by atoms with E-state index in [0.29, 0.717) is 10.9 Å². The van der Waals surface area contributed by atoms with Crippen LogP contribution < -0.4 is 4.90 Å². The molecule has 43 heavy (non-hydrogen) atoms. The highest BCUT2D eigenvalue weighted by molar-refractivity contribution is 7.90. The van der Waals surface area contributed by atoms with Crippen LogP contribution in [-0.2, 0) is 14.6 Å². The zero-order valence-electron chi connectivity index (χ0n) is 24.9. The molecular formula is C33H40N6O3S. The Hall–Kier alpha value is -3.31. The third-order valence-electron chi connectivity index (χ3n) is 8.94. The quantitative estimate of drug-likeness (QED) is 0.281. The molecule has 4 heterocycles. The lowest BCUT2D eigenvalue weighted by atomic mass is 10.1. The van der Waals surface area contributed by atoms with Gasteiger partial charge in [-0.2, -0.15) is 0 Å². The smallest absolute Gasteiger partial charge is 0.175 e. The van der Waals surface area contributed by atoms with Gasteiger partial charge in [0.05, 0.1) is 23.8 Å². The summed E-state index contributed by atoms with van der Waals surface area (Å²) < 4.78 is 31.6. The van der Waals surface area contributed by atoms with Crippen LogP contribution in [0.25, 0.3) is 33.8 Å². The lowest BCUT2D eigenvalue weighted by Crippen LogP contribution is -2.47. The van der Waals surface area contributed by atoms with Crippen LogP contribution in [0.5, 0.6) is 0 Å². The van der Waals surface area contributed by atoms with Crippen LogP contribution in [0.2, 0.25) is 0 Å². The molecule has 2 aromatic heterocycles. The topological polar surface area (TPSA) is 83.8 Å². The number of pyridine rings is 1. The van der Waals surface area contributed by atoms with Gasteiger partial charge in [-0.1, -0.05) is 12.1 Å². The molecule has 0 amide bonds. The van der Waals surface area contributed by atoms with Crippen molar-refractivity contribution in [3.8, 4) is 22.6 Å². The lowest BCUT2D eigenvalue weighted by Gasteiger charge is -2.36. The van der Waals surface area contributed by atoms with Gasteiger partial charge < -0.3 is 14.2 Å². The maximum atomic E-state index is 11.9. The molecule has 10 heteroatoms. The largest absolute Gasteiger partial charge is 0.379 e. The van der Waals surface area contributed by atoms with Crippen LogP contribution in [0.4, 0.5) is 5.69 Å². The fourth-order valence-corrected chi connectivity index (χ4v) is 6.91. The fraction of sp³-hybridized carbons (Fsp3) is 0.455. The zero-order chi connectivity index (χ0) is 29.4. The minimum absolute atomic E-state index is 0.315.